The second-order valence-electron chi connectivity index (χ2n) is 4.60. The standard InChI is InChI=1S/C9H11B.C6H7BO2/c1-6-4-7(2)9(10)8(3)5-6;8-7(9)6-4-2-1-3-5-6/h4-5H,1-3H3;1-5,8-9H. The SMILES string of the molecule is OB(O)c1ccccc1.[B]c1c(C)cc(C)cc1C. The molecular formula is C15H18B2O2. The number of aryl methyl sites for hydroxylation is 3. The largest absolute Gasteiger partial charge is 0.488 e. The highest BCUT2D eigenvalue weighted by Gasteiger charge is 2.07. The van der Waals surface area contributed by atoms with Crippen molar-refractivity contribution in [3.05, 3.63) is 59.2 Å². The number of benzene rings is 2. The van der Waals surface area contributed by atoms with Crippen molar-refractivity contribution in [3.8, 4) is 0 Å². The lowest BCUT2D eigenvalue weighted by Crippen LogP contribution is -2.29. The van der Waals surface area contributed by atoms with E-state index < -0.39 is 7.12 Å². The molecule has 2 radical (unpaired) electrons. The summed E-state index contributed by atoms with van der Waals surface area (Å²) < 4.78 is 0. The van der Waals surface area contributed by atoms with Crippen molar-refractivity contribution in [2.45, 2.75) is 20.8 Å². The maximum atomic E-state index is 8.58. The molecule has 0 aliphatic carbocycles. The van der Waals surface area contributed by atoms with Crippen LogP contribution < -0.4 is 10.9 Å². The highest BCUT2D eigenvalue weighted by atomic mass is 16.4. The second kappa shape index (κ2) is 7.17. The highest BCUT2D eigenvalue weighted by Crippen LogP contribution is 2.03. The maximum absolute atomic E-state index is 8.58. The first-order valence-electron chi connectivity index (χ1n) is 6.16. The molecule has 0 heterocycles. The minimum Gasteiger partial charge on any atom is -0.423 e. The summed E-state index contributed by atoms with van der Waals surface area (Å²) in [7, 11) is 4.41. The first kappa shape index (κ1) is 15.5. The molecule has 2 aromatic carbocycles. The van der Waals surface area contributed by atoms with Gasteiger partial charge in [-0.15, -0.1) is 0 Å². The van der Waals surface area contributed by atoms with Crippen LogP contribution in [-0.2, 0) is 0 Å². The van der Waals surface area contributed by atoms with Crippen molar-refractivity contribution < 1.29 is 10.0 Å². The molecule has 2 N–H and O–H groups in total. The minimum absolute atomic E-state index is 0.525. The summed E-state index contributed by atoms with van der Waals surface area (Å²) >= 11 is 0. The summed E-state index contributed by atoms with van der Waals surface area (Å²) in [5, 5.41) is 17.2. The maximum Gasteiger partial charge on any atom is 0.488 e. The first-order valence-corrected chi connectivity index (χ1v) is 6.16. The van der Waals surface area contributed by atoms with Crippen LogP contribution in [0.15, 0.2) is 42.5 Å². The fraction of sp³-hybridized carbons (Fsp3) is 0.200. The van der Waals surface area contributed by atoms with E-state index in [0.717, 1.165) is 5.46 Å². The molecule has 0 fully saturated rings. The van der Waals surface area contributed by atoms with Gasteiger partial charge in [-0.2, -0.15) is 0 Å². The molecular weight excluding hydrogens is 234 g/mol. The summed E-state index contributed by atoms with van der Waals surface area (Å²) in [6.45, 7) is 6.16. The third kappa shape index (κ3) is 4.93. The van der Waals surface area contributed by atoms with Gasteiger partial charge in [-0.1, -0.05) is 64.6 Å². The van der Waals surface area contributed by atoms with Gasteiger partial charge in [0.2, 0.25) is 0 Å². The Morgan fingerprint density at radius 1 is 0.895 bits per heavy atom. The molecule has 96 valence electrons. The minimum atomic E-state index is -1.34. The Balaban J connectivity index is 0.000000191. The molecule has 0 atom stereocenters. The number of rotatable bonds is 1. The van der Waals surface area contributed by atoms with E-state index in [9.17, 15) is 0 Å². The monoisotopic (exact) mass is 252 g/mol. The van der Waals surface area contributed by atoms with E-state index >= 15 is 0 Å². The average Bonchev–Trinajstić information content (AvgIpc) is 2.37. The summed E-state index contributed by atoms with van der Waals surface area (Å²) in [5.74, 6) is 0. The zero-order valence-electron chi connectivity index (χ0n) is 11.6. The van der Waals surface area contributed by atoms with Gasteiger partial charge in [0.1, 0.15) is 7.85 Å². The molecule has 4 heteroatoms. The van der Waals surface area contributed by atoms with E-state index in [0.29, 0.717) is 5.46 Å². The summed E-state index contributed by atoms with van der Waals surface area (Å²) in [4.78, 5) is 0. The fourth-order valence-corrected chi connectivity index (χ4v) is 1.82. The zero-order valence-corrected chi connectivity index (χ0v) is 11.6. The second-order valence-corrected chi connectivity index (χ2v) is 4.60. The lowest BCUT2D eigenvalue weighted by molar-refractivity contribution is 0.426. The van der Waals surface area contributed by atoms with E-state index in [1.165, 1.54) is 16.7 Å². The van der Waals surface area contributed by atoms with Gasteiger partial charge >= 0.3 is 7.12 Å². The molecule has 2 nitrogen and oxygen atoms in total. The fourth-order valence-electron chi connectivity index (χ4n) is 1.82. The molecule has 0 aliphatic rings. The van der Waals surface area contributed by atoms with Crippen LogP contribution in [0.1, 0.15) is 16.7 Å². The van der Waals surface area contributed by atoms with E-state index in [-0.39, 0.29) is 0 Å². The van der Waals surface area contributed by atoms with Gasteiger partial charge in [-0.25, -0.2) is 0 Å². The molecule has 0 spiro atoms. The van der Waals surface area contributed by atoms with Gasteiger partial charge in [0.25, 0.3) is 0 Å². The van der Waals surface area contributed by atoms with E-state index in [1.807, 2.05) is 19.9 Å². The Kier molecular flexibility index (Phi) is 5.87. The van der Waals surface area contributed by atoms with Gasteiger partial charge in [0.15, 0.2) is 0 Å². The van der Waals surface area contributed by atoms with Crippen molar-refractivity contribution in [3.63, 3.8) is 0 Å². The lowest BCUT2D eigenvalue weighted by atomic mass is 9.81. The number of hydrogen-bond acceptors (Lipinski definition) is 2. The first-order chi connectivity index (χ1) is 8.91. The third-order valence-corrected chi connectivity index (χ3v) is 2.84. The Bertz CT molecular complexity index is 502. The zero-order chi connectivity index (χ0) is 14.4. The van der Waals surface area contributed by atoms with Crippen LogP contribution in [0.5, 0.6) is 0 Å². The Hall–Kier alpha value is -1.51. The molecule has 2 aromatic rings. The van der Waals surface area contributed by atoms with Crippen molar-refractivity contribution >= 4 is 25.9 Å². The van der Waals surface area contributed by atoms with E-state index in [4.69, 9.17) is 17.9 Å². The molecule has 0 unspecified atom stereocenters. The smallest absolute Gasteiger partial charge is 0.423 e. The van der Waals surface area contributed by atoms with Crippen LogP contribution in [0.2, 0.25) is 0 Å². The van der Waals surface area contributed by atoms with Gasteiger partial charge in [-0.3, -0.25) is 0 Å². The van der Waals surface area contributed by atoms with Crippen LogP contribution in [0.4, 0.5) is 0 Å². The van der Waals surface area contributed by atoms with E-state index in [1.54, 1.807) is 24.3 Å². The van der Waals surface area contributed by atoms with Crippen LogP contribution >= 0.6 is 0 Å². The summed E-state index contributed by atoms with van der Waals surface area (Å²) in [6, 6.07) is 12.9. The molecule has 0 saturated carbocycles. The van der Waals surface area contributed by atoms with E-state index in [2.05, 4.69) is 19.1 Å². The Labute approximate surface area is 116 Å². The quantitative estimate of drug-likeness (QED) is 0.736. The van der Waals surface area contributed by atoms with Gasteiger partial charge in [0.05, 0.1) is 0 Å². The molecule has 0 aromatic heterocycles. The number of hydrogen-bond donors (Lipinski definition) is 2. The van der Waals surface area contributed by atoms with Gasteiger partial charge in [-0.05, 0) is 26.2 Å². The van der Waals surface area contributed by atoms with Crippen molar-refractivity contribution in [2.24, 2.45) is 0 Å². The van der Waals surface area contributed by atoms with Crippen molar-refractivity contribution in [1.29, 1.82) is 0 Å². The highest BCUT2D eigenvalue weighted by molar-refractivity contribution is 6.58. The topological polar surface area (TPSA) is 40.5 Å². The average molecular weight is 252 g/mol. The Morgan fingerprint density at radius 2 is 1.37 bits per heavy atom. The summed E-state index contributed by atoms with van der Waals surface area (Å²) in [5.41, 5.74) is 5.09. The molecule has 0 amide bonds. The van der Waals surface area contributed by atoms with Crippen LogP contribution in [-0.4, -0.2) is 25.0 Å². The van der Waals surface area contributed by atoms with Crippen LogP contribution in [0, 0.1) is 20.8 Å². The molecule has 2 rings (SSSR count). The molecule has 19 heavy (non-hydrogen) atoms. The Morgan fingerprint density at radius 3 is 1.74 bits per heavy atom. The van der Waals surface area contributed by atoms with Gasteiger partial charge < -0.3 is 10.0 Å². The molecule has 0 aliphatic heterocycles. The third-order valence-electron chi connectivity index (χ3n) is 2.84. The van der Waals surface area contributed by atoms with Crippen LogP contribution in [0.25, 0.3) is 0 Å². The molecule has 0 bridgehead atoms. The molecule has 0 saturated heterocycles. The van der Waals surface area contributed by atoms with Gasteiger partial charge in [0, 0.05) is 0 Å². The van der Waals surface area contributed by atoms with Crippen molar-refractivity contribution in [1.82, 2.24) is 0 Å². The predicted molar refractivity (Wildman–Crippen MR) is 82.3 cm³/mol. The normalized spacial score (nSPS) is 9.53. The summed E-state index contributed by atoms with van der Waals surface area (Å²) in [6.07, 6.45) is 0. The van der Waals surface area contributed by atoms with Crippen molar-refractivity contribution in [2.75, 3.05) is 0 Å². The predicted octanol–water partition coefficient (Wildman–Crippen LogP) is 0.772. The van der Waals surface area contributed by atoms with Crippen LogP contribution in [0.3, 0.4) is 0 Å². The lowest BCUT2D eigenvalue weighted by Gasteiger charge is -2.05.